The summed E-state index contributed by atoms with van der Waals surface area (Å²) in [6.45, 7) is 3.32. The molecule has 0 spiro atoms. The van der Waals surface area contributed by atoms with Crippen LogP contribution in [-0.2, 0) is 27.8 Å². The number of H-pyrrole nitrogens is 1. The third-order valence-corrected chi connectivity index (χ3v) is 5.72. The number of sulfonamides is 1. The van der Waals surface area contributed by atoms with Crippen molar-refractivity contribution in [3.63, 3.8) is 0 Å². The molecular weight excluding hydrogens is 320 g/mol. The number of nitrogens with one attached hydrogen (secondary N) is 1. The Balaban J connectivity index is 1.58. The van der Waals surface area contributed by atoms with Crippen LogP contribution < -0.4 is 4.90 Å². The first kappa shape index (κ1) is 14.5. The molecule has 1 N–H and O–H groups in total. The maximum atomic E-state index is 12.5. The number of nitrogens with zero attached hydrogens (tertiary/aromatic N) is 5. The fourth-order valence-electron chi connectivity index (χ4n) is 2.72. The van der Waals surface area contributed by atoms with Crippen molar-refractivity contribution in [1.29, 1.82) is 0 Å². The summed E-state index contributed by atoms with van der Waals surface area (Å²) in [4.78, 5) is 17.4. The minimum Gasteiger partial charge on any atom is -0.378 e. The average Bonchev–Trinajstić information content (AvgIpc) is 3.25. The molecule has 2 aliphatic heterocycles. The topological polar surface area (TPSA) is 104 Å². The lowest BCUT2D eigenvalue weighted by Crippen LogP contribution is -2.37. The average molecular weight is 336 g/mol. The van der Waals surface area contributed by atoms with Gasteiger partial charge in [-0.15, -0.1) is 0 Å². The van der Waals surface area contributed by atoms with E-state index in [0.717, 1.165) is 24.3 Å². The monoisotopic (exact) mass is 336 g/mol. The molecule has 10 heteroatoms. The largest absolute Gasteiger partial charge is 0.378 e. The highest BCUT2D eigenvalue weighted by Crippen LogP contribution is 2.27. The Morgan fingerprint density at radius 3 is 2.74 bits per heavy atom. The van der Waals surface area contributed by atoms with Gasteiger partial charge in [0, 0.05) is 31.4 Å². The normalized spacial score (nSPS) is 19.0. The molecule has 23 heavy (non-hydrogen) atoms. The number of imidazole rings is 1. The van der Waals surface area contributed by atoms with E-state index in [2.05, 4.69) is 24.8 Å². The van der Waals surface area contributed by atoms with Crippen LogP contribution in [0.25, 0.3) is 0 Å². The zero-order valence-electron chi connectivity index (χ0n) is 12.3. The van der Waals surface area contributed by atoms with Crippen LogP contribution in [0.4, 0.5) is 5.95 Å². The number of aromatic nitrogens is 4. The Hall–Kier alpha value is -2.04. The molecule has 0 bridgehead atoms. The number of ether oxygens (including phenoxy) is 1. The van der Waals surface area contributed by atoms with Gasteiger partial charge >= 0.3 is 0 Å². The molecule has 0 aliphatic carbocycles. The van der Waals surface area contributed by atoms with Gasteiger partial charge in [-0.05, 0) is 0 Å². The number of morpholine rings is 1. The molecule has 1 saturated heterocycles. The van der Waals surface area contributed by atoms with E-state index in [0.29, 0.717) is 19.2 Å². The van der Waals surface area contributed by atoms with Crippen LogP contribution >= 0.6 is 0 Å². The number of aromatic amines is 1. The van der Waals surface area contributed by atoms with Gasteiger partial charge in [0.2, 0.25) is 5.95 Å². The second-order valence-electron chi connectivity index (χ2n) is 5.43. The van der Waals surface area contributed by atoms with Crippen LogP contribution in [0.5, 0.6) is 0 Å². The van der Waals surface area contributed by atoms with Gasteiger partial charge in [-0.3, -0.25) is 0 Å². The number of rotatable bonds is 3. The molecule has 0 radical (unpaired) electrons. The number of fused-ring (bicyclic) bond motifs is 1. The van der Waals surface area contributed by atoms with Crippen molar-refractivity contribution in [1.82, 2.24) is 24.2 Å². The van der Waals surface area contributed by atoms with Gasteiger partial charge in [0.05, 0.1) is 38.0 Å². The summed E-state index contributed by atoms with van der Waals surface area (Å²) in [6, 6.07) is 0. The zero-order valence-corrected chi connectivity index (χ0v) is 13.2. The Morgan fingerprint density at radius 1 is 1.17 bits per heavy atom. The summed E-state index contributed by atoms with van der Waals surface area (Å²) in [7, 11) is -3.59. The Labute approximate surface area is 133 Å². The maximum absolute atomic E-state index is 12.5. The molecule has 0 amide bonds. The van der Waals surface area contributed by atoms with Crippen molar-refractivity contribution >= 4 is 16.0 Å². The van der Waals surface area contributed by atoms with Gasteiger partial charge in [0.1, 0.15) is 0 Å². The quantitative estimate of drug-likeness (QED) is 0.823. The van der Waals surface area contributed by atoms with Crippen LogP contribution in [0.15, 0.2) is 23.7 Å². The Morgan fingerprint density at radius 2 is 2.00 bits per heavy atom. The summed E-state index contributed by atoms with van der Waals surface area (Å²) >= 11 is 0. The molecular formula is C13H16N6O3S. The Kier molecular flexibility index (Phi) is 3.51. The minimum absolute atomic E-state index is 0.0895. The van der Waals surface area contributed by atoms with Crippen molar-refractivity contribution < 1.29 is 13.2 Å². The zero-order chi connectivity index (χ0) is 15.9. The SMILES string of the molecule is O=S(=O)(c1cnc[nH]1)N1Cc2cnc(N3CCOCC3)nc2C1. The van der Waals surface area contributed by atoms with Crippen LogP contribution in [-0.4, -0.2) is 59.0 Å². The second kappa shape index (κ2) is 5.55. The lowest BCUT2D eigenvalue weighted by Gasteiger charge is -2.26. The molecule has 0 saturated carbocycles. The first-order chi connectivity index (χ1) is 11.1. The van der Waals surface area contributed by atoms with Crippen LogP contribution in [0.3, 0.4) is 0 Å². The number of hydrogen-bond donors (Lipinski definition) is 1. The number of anilines is 1. The molecule has 0 aromatic carbocycles. The molecule has 4 heterocycles. The van der Waals surface area contributed by atoms with E-state index in [9.17, 15) is 8.42 Å². The minimum atomic E-state index is -3.59. The molecule has 2 aromatic rings. The van der Waals surface area contributed by atoms with Gasteiger partial charge < -0.3 is 14.6 Å². The third-order valence-electron chi connectivity index (χ3n) is 4.00. The summed E-state index contributed by atoms with van der Waals surface area (Å²) in [6.07, 6.45) is 4.38. The maximum Gasteiger partial charge on any atom is 0.260 e. The second-order valence-corrected chi connectivity index (χ2v) is 7.34. The molecule has 2 aliphatic rings. The summed E-state index contributed by atoms with van der Waals surface area (Å²) in [5.41, 5.74) is 1.59. The highest BCUT2D eigenvalue weighted by molar-refractivity contribution is 7.89. The predicted molar refractivity (Wildman–Crippen MR) is 80.1 cm³/mol. The molecule has 1 fully saturated rings. The van der Waals surface area contributed by atoms with Crippen molar-refractivity contribution in [3.05, 3.63) is 30.0 Å². The number of hydrogen-bond acceptors (Lipinski definition) is 7. The summed E-state index contributed by atoms with van der Waals surface area (Å²) in [5.74, 6) is 0.632. The van der Waals surface area contributed by atoms with Crippen molar-refractivity contribution in [2.75, 3.05) is 31.2 Å². The van der Waals surface area contributed by atoms with E-state index in [1.165, 1.54) is 16.8 Å². The molecule has 2 aromatic heterocycles. The molecule has 0 unspecified atom stereocenters. The molecule has 0 atom stereocenters. The van der Waals surface area contributed by atoms with Gasteiger partial charge in [-0.25, -0.2) is 23.4 Å². The highest BCUT2D eigenvalue weighted by Gasteiger charge is 2.33. The highest BCUT2D eigenvalue weighted by atomic mass is 32.2. The lowest BCUT2D eigenvalue weighted by molar-refractivity contribution is 0.122. The van der Waals surface area contributed by atoms with Gasteiger partial charge in [0.25, 0.3) is 10.0 Å². The first-order valence-corrected chi connectivity index (χ1v) is 8.74. The predicted octanol–water partition coefficient (Wildman–Crippen LogP) is -0.259. The van der Waals surface area contributed by atoms with E-state index in [1.807, 2.05) is 0 Å². The fraction of sp³-hybridized carbons (Fsp3) is 0.462. The standard InChI is InChI=1S/C13H16N6O3S/c20-23(21,12-6-14-9-16-12)19-7-10-5-15-13(17-11(10)8-19)18-1-3-22-4-2-18/h5-6,9H,1-4,7-8H2,(H,14,16). The molecule has 122 valence electrons. The van der Waals surface area contributed by atoms with Crippen molar-refractivity contribution in [2.24, 2.45) is 0 Å². The fourth-order valence-corrected chi connectivity index (χ4v) is 4.00. The molecule has 4 rings (SSSR count). The van der Waals surface area contributed by atoms with Crippen LogP contribution in [0.2, 0.25) is 0 Å². The van der Waals surface area contributed by atoms with E-state index in [1.54, 1.807) is 6.20 Å². The summed E-state index contributed by atoms with van der Waals surface area (Å²) in [5, 5.41) is 0.0895. The summed E-state index contributed by atoms with van der Waals surface area (Å²) < 4.78 is 31.8. The van der Waals surface area contributed by atoms with Gasteiger partial charge in [-0.1, -0.05) is 0 Å². The van der Waals surface area contributed by atoms with Crippen molar-refractivity contribution in [3.8, 4) is 0 Å². The first-order valence-electron chi connectivity index (χ1n) is 7.30. The van der Waals surface area contributed by atoms with E-state index >= 15 is 0 Å². The van der Waals surface area contributed by atoms with Crippen LogP contribution in [0, 0.1) is 0 Å². The van der Waals surface area contributed by atoms with E-state index < -0.39 is 10.0 Å². The van der Waals surface area contributed by atoms with Gasteiger partial charge in [-0.2, -0.15) is 4.31 Å². The van der Waals surface area contributed by atoms with Gasteiger partial charge in [0.15, 0.2) is 5.03 Å². The van der Waals surface area contributed by atoms with E-state index in [-0.39, 0.29) is 18.1 Å². The Bertz CT molecular complexity index is 801. The third kappa shape index (κ3) is 2.58. The van der Waals surface area contributed by atoms with E-state index in [4.69, 9.17) is 4.74 Å². The van der Waals surface area contributed by atoms with Crippen LogP contribution in [0.1, 0.15) is 11.3 Å². The lowest BCUT2D eigenvalue weighted by atomic mass is 10.3. The smallest absolute Gasteiger partial charge is 0.260 e. The van der Waals surface area contributed by atoms with Crippen molar-refractivity contribution in [2.45, 2.75) is 18.1 Å². The molecule has 9 nitrogen and oxygen atoms in total.